The summed E-state index contributed by atoms with van der Waals surface area (Å²) < 4.78 is 0. The predicted molar refractivity (Wildman–Crippen MR) is 47.7 cm³/mol. The Hall–Kier alpha value is -0.840. The molecule has 4 nitrogen and oxygen atoms in total. The van der Waals surface area contributed by atoms with Crippen molar-refractivity contribution in [1.29, 1.82) is 0 Å². The predicted octanol–water partition coefficient (Wildman–Crippen LogP) is 0.103. The number of nitrogens with two attached hydrogens (primary N) is 1. The molecule has 1 radical (unpaired) electrons. The number of aromatic carboxylic acids is 1. The van der Waals surface area contributed by atoms with E-state index in [4.69, 9.17) is 10.8 Å². The van der Waals surface area contributed by atoms with Gasteiger partial charge in [0.25, 0.3) is 0 Å². The summed E-state index contributed by atoms with van der Waals surface area (Å²) in [5.74, 6) is -1.59. The first-order valence-corrected chi connectivity index (χ1v) is 3.24. The van der Waals surface area contributed by atoms with Crippen molar-refractivity contribution in [3.63, 3.8) is 0 Å². The molecule has 0 atom stereocenters. The Morgan fingerprint density at radius 3 is 1.77 bits per heavy atom. The van der Waals surface area contributed by atoms with E-state index in [1.165, 1.54) is 24.3 Å². The van der Waals surface area contributed by atoms with Crippen molar-refractivity contribution >= 4 is 41.4 Å². The van der Waals surface area contributed by atoms with Crippen LogP contribution < -0.4 is 5.73 Å². The van der Waals surface area contributed by atoms with Crippen LogP contribution in [0, 0.1) is 0 Å². The molecule has 63 valence electrons. The molecule has 0 saturated carbocycles. The molecule has 0 heterocycles. The molecule has 0 saturated heterocycles. The fraction of sp³-hybridized carbons (Fsp3) is 0. The topological polar surface area (TPSA) is 80.4 Å². The van der Waals surface area contributed by atoms with Crippen molar-refractivity contribution in [2.75, 3.05) is 0 Å². The Balaban J connectivity index is 0.00000144. The third-order valence-electron chi connectivity index (χ3n) is 1.42. The Morgan fingerprint density at radius 1 is 1.08 bits per heavy atom. The number of amides is 1. The fourth-order valence-electron chi connectivity index (χ4n) is 0.777. The minimum Gasteiger partial charge on any atom is -0.478 e. The van der Waals surface area contributed by atoms with E-state index >= 15 is 0 Å². The van der Waals surface area contributed by atoms with E-state index in [1.807, 2.05) is 0 Å². The minimum absolute atomic E-state index is 0. The zero-order valence-corrected chi connectivity index (χ0v) is 9.15. The maximum Gasteiger partial charge on any atom is 0.335 e. The van der Waals surface area contributed by atoms with Gasteiger partial charge in [-0.3, -0.25) is 4.79 Å². The first-order chi connectivity index (χ1) is 5.61. The number of carbonyl (C=O) groups is 2. The average molecular weight is 188 g/mol. The van der Waals surface area contributed by atoms with Crippen LogP contribution in [-0.2, 0) is 0 Å². The summed E-state index contributed by atoms with van der Waals surface area (Å²) in [6.45, 7) is 0. The van der Waals surface area contributed by atoms with E-state index in [0.29, 0.717) is 5.56 Å². The molecule has 0 aliphatic carbocycles. The Bertz CT molecular complexity index is 288. The molecular weight excluding hydrogens is 181 g/mol. The Morgan fingerprint density at radius 2 is 1.46 bits per heavy atom. The van der Waals surface area contributed by atoms with Crippen molar-refractivity contribution < 1.29 is 14.7 Å². The maximum atomic E-state index is 10.6. The second-order valence-corrected chi connectivity index (χ2v) is 2.25. The molecule has 0 unspecified atom stereocenters. The average Bonchev–Trinajstić information content (AvgIpc) is 2.04. The minimum atomic E-state index is -1.02. The first-order valence-electron chi connectivity index (χ1n) is 3.24. The van der Waals surface area contributed by atoms with Crippen LogP contribution in [0.5, 0.6) is 0 Å². The number of carboxylic acid groups (broad SMARTS) is 1. The quantitative estimate of drug-likeness (QED) is 0.646. The number of hydrogen-bond acceptors (Lipinski definition) is 2. The van der Waals surface area contributed by atoms with Crippen molar-refractivity contribution in [2.24, 2.45) is 5.73 Å². The summed E-state index contributed by atoms with van der Waals surface area (Å²) in [6.07, 6.45) is 0. The third-order valence-corrected chi connectivity index (χ3v) is 1.42. The maximum absolute atomic E-state index is 10.6. The standard InChI is InChI=1S/C8H7NO3.Na/c9-7(10)5-1-3-6(4-2-5)8(11)12;/h1-4H,(H2,9,10)(H,11,12);. The molecule has 1 aromatic carbocycles. The van der Waals surface area contributed by atoms with Gasteiger partial charge in [0.2, 0.25) is 5.91 Å². The van der Waals surface area contributed by atoms with Gasteiger partial charge in [-0.2, -0.15) is 0 Å². The van der Waals surface area contributed by atoms with Gasteiger partial charge in [-0.15, -0.1) is 0 Å². The smallest absolute Gasteiger partial charge is 0.335 e. The summed E-state index contributed by atoms with van der Waals surface area (Å²) in [6, 6.07) is 5.43. The second kappa shape index (κ2) is 5.01. The van der Waals surface area contributed by atoms with Gasteiger partial charge in [0, 0.05) is 35.1 Å². The first kappa shape index (κ1) is 12.2. The van der Waals surface area contributed by atoms with Gasteiger partial charge in [0.05, 0.1) is 5.56 Å². The Labute approximate surface area is 97.0 Å². The molecule has 0 aliphatic heterocycles. The van der Waals surface area contributed by atoms with E-state index in [1.54, 1.807) is 0 Å². The largest absolute Gasteiger partial charge is 0.478 e. The molecule has 0 bridgehead atoms. The third kappa shape index (κ3) is 3.18. The van der Waals surface area contributed by atoms with Crippen LogP contribution in [0.3, 0.4) is 0 Å². The number of benzene rings is 1. The number of carboxylic acids is 1. The van der Waals surface area contributed by atoms with Crippen molar-refractivity contribution in [3.05, 3.63) is 35.4 Å². The van der Waals surface area contributed by atoms with E-state index in [2.05, 4.69) is 0 Å². The molecule has 1 rings (SSSR count). The number of carbonyl (C=O) groups excluding carboxylic acids is 1. The summed E-state index contributed by atoms with van der Waals surface area (Å²) in [7, 11) is 0. The van der Waals surface area contributed by atoms with Gasteiger partial charge in [-0.1, -0.05) is 0 Å². The summed E-state index contributed by atoms with van der Waals surface area (Å²) >= 11 is 0. The van der Waals surface area contributed by atoms with Gasteiger partial charge >= 0.3 is 5.97 Å². The molecule has 0 spiro atoms. The fourth-order valence-corrected chi connectivity index (χ4v) is 0.777. The van der Waals surface area contributed by atoms with Crippen LogP contribution in [0.25, 0.3) is 0 Å². The van der Waals surface area contributed by atoms with Gasteiger partial charge in [0.15, 0.2) is 0 Å². The molecular formula is C8H7NNaO3. The number of rotatable bonds is 2. The van der Waals surface area contributed by atoms with E-state index in [0.717, 1.165) is 0 Å². The van der Waals surface area contributed by atoms with Crippen LogP contribution >= 0.6 is 0 Å². The zero-order valence-electron chi connectivity index (χ0n) is 7.15. The summed E-state index contributed by atoms with van der Waals surface area (Å²) in [5.41, 5.74) is 5.40. The van der Waals surface area contributed by atoms with Crippen molar-refractivity contribution in [2.45, 2.75) is 0 Å². The number of hydrogen-bond donors (Lipinski definition) is 2. The molecule has 1 amide bonds. The van der Waals surface area contributed by atoms with Gasteiger partial charge in [-0.25, -0.2) is 4.79 Å². The normalized spacial score (nSPS) is 8.62. The van der Waals surface area contributed by atoms with E-state index < -0.39 is 11.9 Å². The van der Waals surface area contributed by atoms with Crippen LogP contribution in [0.2, 0.25) is 0 Å². The molecule has 0 aliphatic rings. The molecule has 0 aromatic heterocycles. The Kier molecular flexibility index (Phi) is 4.69. The molecule has 3 N–H and O–H groups in total. The summed E-state index contributed by atoms with van der Waals surface area (Å²) in [4.78, 5) is 20.9. The van der Waals surface area contributed by atoms with Gasteiger partial charge in [-0.05, 0) is 24.3 Å². The van der Waals surface area contributed by atoms with Crippen molar-refractivity contribution in [1.82, 2.24) is 0 Å². The van der Waals surface area contributed by atoms with E-state index in [9.17, 15) is 9.59 Å². The van der Waals surface area contributed by atoms with Crippen LogP contribution in [0.1, 0.15) is 20.7 Å². The molecule has 5 heteroatoms. The molecule has 13 heavy (non-hydrogen) atoms. The molecule has 1 aromatic rings. The summed E-state index contributed by atoms with van der Waals surface area (Å²) in [5, 5.41) is 8.50. The number of primary amides is 1. The van der Waals surface area contributed by atoms with Gasteiger partial charge in [0.1, 0.15) is 0 Å². The van der Waals surface area contributed by atoms with Crippen LogP contribution in [-0.4, -0.2) is 46.5 Å². The molecule has 0 fully saturated rings. The SMILES string of the molecule is NC(=O)c1ccc(C(=O)O)cc1.[Na]. The van der Waals surface area contributed by atoms with Crippen molar-refractivity contribution in [3.8, 4) is 0 Å². The van der Waals surface area contributed by atoms with Gasteiger partial charge < -0.3 is 10.8 Å². The zero-order chi connectivity index (χ0) is 9.14. The monoisotopic (exact) mass is 188 g/mol. The second-order valence-electron chi connectivity index (χ2n) is 2.25. The van der Waals surface area contributed by atoms with E-state index in [-0.39, 0.29) is 35.1 Å². The van der Waals surface area contributed by atoms with Crippen LogP contribution in [0.15, 0.2) is 24.3 Å². The van der Waals surface area contributed by atoms with Crippen LogP contribution in [0.4, 0.5) is 0 Å².